The Kier molecular flexibility index (Phi) is 5.33. The third-order valence-electron chi connectivity index (χ3n) is 4.54. The van der Waals surface area contributed by atoms with E-state index >= 15 is 0 Å². The molecule has 1 saturated heterocycles. The van der Waals surface area contributed by atoms with Gasteiger partial charge in [0.2, 0.25) is 0 Å². The van der Waals surface area contributed by atoms with Crippen molar-refractivity contribution < 1.29 is 4.42 Å². The molecule has 1 aliphatic heterocycles. The van der Waals surface area contributed by atoms with Gasteiger partial charge >= 0.3 is 0 Å². The van der Waals surface area contributed by atoms with Gasteiger partial charge in [0, 0.05) is 19.1 Å². The molecule has 1 aromatic heterocycles. The second-order valence-corrected chi connectivity index (χ2v) is 6.31. The molecule has 2 heterocycles. The number of unbranched alkanes of at least 4 members (excludes halogenated alkanes) is 3. The third-order valence-corrected chi connectivity index (χ3v) is 4.54. The van der Waals surface area contributed by atoms with Crippen molar-refractivity contribution in [1.29, 1.82) is 0 Å². The Morgan fingerprint density at radius 2 is 2.00 bits per heavy atom. The summed E-state index contributed by atoms with van der Waals surface area (Å²) in [5.41, 5.74) is 1.79. The summed E-state index contributed by atoms with van der Waals surface area (Å²) in [5, 5.41) is 3.46. The highest BCUT2D eigenvalue weighted by atomic mass is 16.4. The number of piperidine rings is 1. The molecule has 0 aliphatic carbocycles. The Morgan fingerprint density at radius 3 is 2.77 bits per heavy atom. The van der Waals surface area contributed by atoms with Crippen LogP contribution >= 0.6 is 0 Å². The molecule has 4 nitrogen and oxygen atoms in total. The number of fused-ring (bicyclic) bond motifs is 1. The van der Waals surface area contributed by atoms with Crippen LogP contribution in [0.15, 0.2) is 28.7 Å². The Bertz CT molecular complexity index is 539. The van der Waals surface area contributed by atoms with Gasteiger partial charge in [-0.2, -0.15) is 4.98 Å². The van der Waals surface area contributed by atoms with Crippen LogP contribution in [0, 0.1) is 0 Å². The number of oxazole rings is 1. The molecule has 0 saturated carbocycles. The molecular formula is C18H27N3O. The van der Waals surface area contributed by atoms with E-state index in [4.69, 9.17) is 4.42 Å². The molecule has 3 rings (SSSR count). The second-order valence-electron chi connectivity index (χ2n) is 6.31. The zero-order valence-electron chi connectivity index (χ0n) is 13.6. The first-order chi connectivity index (χ1) is 10.8. The van der Waals surface area contributed by atoms with E-state index in [1.165, 1.54) is 58.2 Å². The zero-order chi connectivity index (χ0) is 15.2. The van der Waals surface area contributed by atoms with E-state index in [9.17, 15) is 0 Å². The quantitative estimate of drug-likeness (QED) is 0.775. The highest BCUT2D eigenvalue weighted by molar-refractivity contribution is 5.74. The van der Waals surface area contributed by atoms with Crippen molar-refractivity contribution in [2.45, 2.75) is 51.5 Å². The van der Waals surface area contributed by atoms with Gasteiger partial charge in [-0.15, -0.1) is 0 Å². The van der Waals surface area contributed by atoms with Gasteiger partial charge in [0.15, 0.2) is 5.58 Å². The molecule has 0 amide bonds. The lowest BCUT2D eigenvalue weighted by Crippen LogP contribution is -2.39. The minimum Gasteiger partial charge on any atom is -0.424 e. The summed E-state index contributed by atoms with van der Waals surface area (Å²) in [7, 11) is 0. The second kappa shape index (κ2) is 7.63. The van der Waals surface area contributed by atoms with Gasteiger partial charge in [-0.05, 0) is 37.9 Å². The van der Waals surface area contributed by atoms with Gasteiger partial charge in [-0.1, -0.05) is 38.3 Å². The number of likely N-dealkylation sites (tertiary alicyclic amines) is 1. The van der Waals surface area contributed by atoms with Crippen LogP contribution in [0.5, 0.6) is 0 Å². The summed E-state index contributed by atoms with van der Waals surface area (Å²) < 4.78 is 5.75. The maximum atomic E-state index is 5.75. The van der Waals surface area contributed by atoms with E-state index in [0.29, 0.717) is 12.1 Å². The molecular weight excluding hydrogens is 274 g/mol. The molecule has 0 unspecified atom stereocenters. The number of nitrogens with one attached hydrogen (secondary N) is 1. The molecule has 1 N–H and O–H groups in total. The lowest BCUT2D eigenvalue weighted by atomic mass is 10.0. The van der Waals surface area contributed by atoms with Crippen LogP contribution in [0.25, 0.3) is 11.1 Å². The van der Waals surface area contributed by atoms with Crippen LogP contribution in [0.3, 0.4) is 0 Å². The Hall–Kier alpha value is -1.55. The number of hydrogen-bond acceptors (Lipinski definition) is 4. The summed E-state index contributed by atoms with van der Waals surface area (Å²) in [6, 6.07) is 9.08. The van der Waals surface area contributed by atoms with Crippen molar-refractivity contribution in [3.63, 3.8) is 0 Å². The monoisotopic (exact) mass is 301 g/mol. The number of anilines is 1. The van der Waals surface area contributed by atoms with Crippen molar-refractivity contribution in [3.05, 3.63) is 24.3 Å². The molecule has 1 fully saturated rings. The van der Waals surface area contributed by atoms with Crippen molar-refractivity contribution >= 4 is 17.1 Å². The van der Waals surface area contributed by atoms with Crippen molar-refractivity contribution in [2.75, 3.05) is 25.0 Å². The van der Waals surface area contributed by atoms with Crippen LogP contribution in [0.4, 0.5) is 6.01 Å². The normalized spacial score (nSPS) is 17.1. The third kappa shape index (κ3) is 4.01. The number of nitrogens with zero attached hydrogens (tertiary/aromatic N) is 2. The number of aromatic nitrogens is 1. The summed E-state index contributed by atoms with van der Waals surface area (Å²) in [5.74, 6) is 0. The average molecular weight is 301 g/mol. The Morgan fingerprint density at radius 1 is 1.18 bits per heavy atom. The first-order valence-corrected chi connectivity index (χ1v) is 8.69. The smallest absolute Gasteiger partial charge is 0.295 e. The molecule has 0 bridgehead atoms. The van der Waals surface area contributed by atoms with Crippen LogP contribution < -0.4 is 5.32 Å². The molecule has 0 atom stereocenters. The van der Waals surface area contributed by atoms with E-state index in [0.717, 1.165) is 11.1 Å². The van der Waals surface area contributed by atoms with Crippen LogP contribution in [-0.4, -0.2) is 35.6 Å². The maximum absolute atomic E-state index is 5.75. The van der Waals surface area contributed by atoms with Crippen molar-refractivity contribution in [1.82, 2.24) is 9.88 Å². The zero-order valence-corrected chi connectivity index (χ0v) is 13.6. The molecule has 0 spiro atoms. The predicted octanol–water partition coefficient (Wildman–Crippen LogP) is 4.28. The molecule has 2 aromatic rings. The number of rotatable bonds is 7. The molecule has 1 aromatic carbocycles. The summed E-state index contributed by atoms with van der Waals surface area (Å²) in [4.78, 5) is 7.10. The van der Waals surface area contributed by atoms with Crippen LogP contribution in [-0.2, 0) is 0 Å². The van der Waals surface area contributed by atoms with Gasteiger partial charge in [-0.3, -0.25) is 0 Å². The largest absolute Gasteiger partial charge is 0.424 e. The first-order valence-electron chi connectivity index (χ1n) is 8.69. The summed E-state index contributed by atoms with van der Waals surface area (Å²) in [6.45, 7) is 5.90. The molecule has 1 aliphatic rings. The van der Waals surface area contributed by atoms with E-state index in [-0.39, 0.29) is 0 Å². The van der Waals surface area contributed by atoms with E-state index < -0.39 is 0 Å². The fraction of sp³-hybridized carbons (Fsp3) is 0.611. The highest BCUT2D eigenvalue weighted by Crippen LogP contribution is 2.21. The summed E-state index contributed by atoms with van der Waals surface area (Å²) >= 11 is 0. The Labute approximate surface area is 132 Å². The fourth-order valence-electron chi connectivity index (χ4n) is 3.17. The minimum absolute atomic E-state index is 0.486. The number of hydrogen-bond donors (Lipinski definition) is 1. The molecule has 4 heteroatoms. The molecule has 22 heavy (non-hydrogen) atoms. The predicted molar refractivity (Wildman–Crippen MR) is 91.2 cm³/mol. The topological polar surface area (TPSA) is 41.3 Å². The first kappa shape index (κ1) is 15.3. The number of benzene rings is 1. The van der Waals surface area contributed by atoms with Crippen LogP contribution in [0.2, 0.25) is 0 Å². The lowest BCUT2D eigenvalue weighted by Gasteiger charge is -2.31. The van der Waals surface area contributed by atoms with Crippen LogP contribution in [0.1, 0.15) is 45.4 Å². The Balaban J connectivity index is 1.43. The molecule has 120 valence electrons. The fourth-order valence-corrected chi connectivity index (χ4v) is 3.17. The minimum atomic E-state index is 0.486. The van der Waals surface area contributed by atoms with E-state index in [1.54, 1.807) is 0 Å². The summed E-state index contributed by atoms with van der Waals surface area (Å²) in [6.07, 6.45) is 7.75. The molecule has 0 radical (unpaired) electrons. The average Bonchev–Trinajstić information content (AvgIpc) is 2.95. The van der Waals surface area contributed by atoms with Gasteiger partial charge in [-0.25, -0.2) is 0 Å². The SMILES string of the molecule is CCCCCCN1CCC(Nc2nc3ccccc3o2)CC1. The lowest BCUT2D eigenvalue weighted by molar-refractivity contribution is 0.214. The van der Waals surface area contributed by atoms with E-state index in [1.807, 2.05) is 24.3 Å². The van der Waals surface area contributed by atoms with E-state index in [2.05, 4.69) is 22.1 Å². The van der Waals surface area contributed by atoms with Gasteiger partial charge in [0.05, 0.1) is 0 Å². The maximum Gasteiger partial charge on any atom is 0.295 e. The number of para-hydroxylation sites is 2. The van der Waals surface area contributed by atoms with Crippen molar-refractivity contribution in [2.24, 2.45) is 0 Å². The highest BCUT2D eigenvalue weighted by Gasteiger charge is 2.20. The van der Waals surface area contributed by atoms with Gasteiger partial charge in [0.25, 0.3) is 6.01 Å². The van der Waals surface area contributed by atoms with Gasteiger partial charge < -0.3 is 14.6 Å². The van der Waals surface area contributed by atoms with Gasteiger partial charge in [0.1, 0.15) is 5.52 Å². The van der Waals surface area contributed by atoms with Crippen molar-refractivity contribution in [3.8, 4) is 0 Å². The standard InChI is InChI=1S/C18H27N3O/c1-2-3-4-7-12-21-13-10-15(11-14-21)19-18-20-16-8-5-6-9-17(16)22-18/h5-6,8-9,15H,2-4,7,10-14H2,1H3,(H,19,20).